The molecule has 3 aromatic rings. The lowest BCUT2D eigenvalue weighted by Crippen LogP contribution is -1.95. The number of hydrogen-bond acceptors (Lipinski definition) is 4. The molecule has 0 unspecified atom stereocenters. The van der Waals surface area contributed by atoms with Crippen molar-refractivity contribution in [3.63, 3.8) is 0 Å². The smallest absolute Gasteiger partial charge is 0.337 e. The maximum absolute atomic E-state index is 11.1. The van der Waals surface area contributed by atoms with E-state index in [1.54, 1.807) is 24.5 Å². The number of aromatic carboxylic acids is 1. The first-order valence-corrected chi connectivity index (χ1v) is 6.10. The lowest BCUT2D eigenvalue weighted by atomic mass is 10.2. The van der Waals surface area contributed by atoms with Crippen molar-refractivity contribution in [3.8, 4) is 10.6 Å². The van der Waals surface area contributed by atoms with Crippen LogP contribution < -0.4 is 0 Å². The molecule has 0 aliphatic rings. The fraction of sp³-hybridized carbons (Fsp3) is 0. The predicted molar refractivity (Wildman–Crippen MR) is 69.8 cm³/mol. The number of hydrogen-bond donors (Lipinski definition) is 1. The van der Waals surface area contributed by atoms with E-state index in [4.69, 9.17) is 5.11 Å². The average Bonchev–Trinajstić information content (AvgIpc) is 2.83. The van der Waals surface area contributed by atoms with Crippen LogP contribution in [0.4, 0.5) is 0 Å². The highest BCUT2D eigenvalue weighted by Gasteiger charge is 2.13. The number of carboxylic acid groups (broad SMARTS) is 1. The molecule has 0 saturated carbocycles. The minimum absolute atomic E-state index is 0.292. The third-order valence-corrected chi connectivity index (χ3v) is 3.71. The van der Waals surface area contributed by atoms with Gasteiger partial charge in [-0.05, 0) is 24.3 Å². The Bertz CT molecular complexity index is 722. The zero-order chi connectivity index (χ0) is 12.5. The van der Waals surface area contributed by atoms with Crippen LogP contribution in [0.2, 0.25) is 0 Å². The molecule has 0 bridgehead atoms. The van der Waals surface area contributed by atoms with Crippen molar-refractivity contribution in [2.45, 2.75) is 0 Å². The largest absolute Gasteiger partial charge is 0.478 e. The van der Waals surface area contributed by atoms with Crippen molar-refractivity contribution in [2.75, 3.05) is 0 Å². The van der Waals surface area contributed by atoms with Crippen molar-refractivity contribution >= 4 is 27.5 Å². The van der Waals surface area contributed by atoms with Crippen LogP contribution in [-0.4, -0.2) is 21.0 Å². The summed E-state index contributed by atoms with van der Waals surface area (Å²) in [5.74, 6) is -0.929. The molecule has 88 valence electrons. The van der Waals surface area contributed by atoms with E-state index in [-0.39, 0.29) is 0 Å². The standard InChI is InChI=1S/C13H8N2O2S/c16-13(17)9-4-1-5-10-11(9)18-12(15-10)8-3-2-6-14-7-8/h1-7H,(H,16,17). The quantitative estimate of drug-likeness (QED) is 0.765. The van der Waals surface area contributed by atoms with Gasteiger partial charge >= 0.3 is 5.97 Å². The highest BCUT2D eigenvalue weighted by molar-refractivity contribution is 7.22. The summed E-state index contributed by atoms with van der Waals surface area (Å²) < 4.78 is 0.698. The van der Waals surface area contributed by atoms with E-state index < -0.39 is 5.97 Å². The summed E-state index contributed by atoms with van der Waals surface area (Å²) in [5.41, 5.74) is 1.90. The molecule has 18 heavy (non-hydrogen) atoms. The molecule has 0 saturated heterocycles. The molecule has 0 aliphatic heterocycles. The average molecular weight is 256 g/mol. The lowest BCUT2D eigenvalue weighted by molar-refractivity contribution is 0.0699. The molecule has 0 fully saturated rings. The Labute approximate surface area is 107 Å². The zero-order valence-electron chi connectivity index (χ0n) is 9.20. The third-order valence-electron chi connectivity index (χ3n) is 2.55. The highest BCUT2D eigenvalue weighted by Crippen LogP contribution is 2.31. The molecule has 2 heterocycles. The lowest BCUT2D eigenvalue weighted by Gasteiger charge is -1.93. The molecule has 4 nitrogen and oxygen atoms in total. The van der Waals surface area contributed by atoms with Gasteiger partial charge in [-0.15, -0.1) is 11.3 Å². The first-order valence-electron chi connectivity index (χ1n) is 5.29. The molecular weight excluding hydrogens is 248 g/mol. The Hall–Kier alpha value is -2.27. The van der Waals surface area contributed by atoms with Gasteiger partial charge in [0.1, 0.15) is 5.01 Å². The molecule has 0 radical (unpaired) electrons. The van der Waals surface area contributed by atoms with Crippen LogP contribution >= 0.6 is 11.3 Å². The number of carbonyl (C=O) groups is 1. The third kappa shape index (κ3) is 1.74. The Kier molecular flexibility index (Phi) is 2.53. The first kappa shape index (κ1) is 10.9. The van der Waals surface area contributed by atoms with Crippen LogP contribution in [-0.2, 0) is 0 Å². The van der Waals surface area contributed by atoms with Gasteiger partial charge in [-0.25, -0.2) is 9.78 Å². The normalized spacial score (nSPS) is 10.7. The van der Waals surface area contributed by atoms with E-state index >= 15 is 0 Å². The summed E-state index contributed by atoms with van der Waals surface area (Å²) in [6.45, 7) is 0. The van der Waals surface area contributed by atoms with Gasteiger partial charge in [0.25, 0.3) is 0 Å². The molecule has 0 atom stereocenters. The van der Waals surface area contributed by atoms with Gasteiger partial charge in [-0.2, -0.15) is 0 Å². The Morgan fingerprint density at radius 1 is 1.22 bits per heavy atom. The SMILES string of the molecule is O=C(O)c1cccc2nc(-c3cccnc3)sc12. The van der Waals surface area contributed by atoms with E-state index in [9.17, 15) is 4.79 Å². The first-order chi connectivity index (χ1) is 8.75. The minimum Gasteiger partial charge on any atom is -0.478 e. The number of aromatic nitrogens is 2. The van der Waals surface area contributed by atoms with Gasteiger partial charge in [0.05, 0.1) is 15.8 Å². The number of fused-ring (bicyclic) bond motifs is 1. The summed E-state index contributed by atoms with van der Waals surface area (Å²) >= 11 is 1.37. The van der Waals surface area contributed by atoms with Crippen molar-refractivity contribution in [1.82, 2.24) is 9.97 Å². The Morgan fingerprint density at radius 2 is 2.11 bits per heavy atom. The second kappa shape index (κ2) is 4.19. The maximum Gasteiger partial charge on any atom is 0.337 e. The second-order valence-corrected chi connectivity index (χ2v) is 4.72. The van der Waals surface area contributed by atoms with E-state index in [1.165, 1.54) is 11.3 Å². The van der Waals surface area contributed by atoms with E-state index in [2.05, 4.69) is 9.97 Å². The van der Waals surface area contributed by atoms with Crippen LogP contribution in [0.25, 0.3) is 20.8 Å². The molecule has 0 amide bonds. The molecule has 5 heteroatoms. The predicted octanol–water partition coefficient (Wildman–Crippen LogP) is 3.06. The van der Waals surface area contributed by atoms with Gasteiger partial charge in [0.2, 0.25) is 0 Å². The topological polar surface area (TPSA) is 63.1 Å². The fourth-order valence-corrected chi connectivity index (χ4v) is 2.79. The van der Waals surface area contributed by atoms with E-state index in [0.29, 0.717) is 15.8 Å². The number of carboxylic acids is 1. The van der Waals surface area contributed by atoms with Crippen molar-refractivity contribution in [1.29, 1.82) is 0 Å². The van der Waals surface area contributed by atoms with Gasteiger partial charge in [-0.3, -0.25) is 4.98 Å². The van der Waals surface area contributed by atoms with Gasteiger partial charge in [0, 0.05) is 18.0 Å². The Balaban J connectivity index is 2.23. The molecule has 0 aliphatic carbocycles. The van der Waals surface area contributed by atoms with Crippen LogP contribution in [0.5, 0.6) is 0 Å². The van der Waals surface area contributed by atoms with Crippen molar-refractivity contribution in [2.24, 2.45) is 0 Å². The van der Waals surface area contributed by atoms with E-state index in [0.717, 1.165) is 10.6 Å². The minimum atomic E-state index is -0.929. The summed E-state index contributed by atoms with van der Waals surface area (Å²) in [6.07, 6.45) is 3.41. The van der Waals surface area contributed by atoms with Crippen molar-refractivity contribution in [3.05, 3.63) is 48.3 Å². The van der Waals surface area contributed by atoms with Crippen LogP contribution in [0, 0.1) is 0 Å². The van der Waals surface area contributed by atoms with Crippen molar-refractivity contribution < 1.29 is 9.90 Å². The number of thiazole rings is 1. The van der Waals surface area contributed by atoms with Gasteiger partial charge in [-0.1, -0.05) is 6.07 Å². The fourth-order valence-electron chi connectivity index (χ4n) is 1.73. The van der Waals surface area contributed by atoms with Crippen LogP contribution in [0.1, 0.15) is 10.4 Å². The highest BCUT2D eigenvalue weighted by atomic mass is 32.1. The number of nitrogens with zero attached hydrogens (tertiary/aromatic N) is 2. The number of rotatable bonds is 2. The summed E-state index contributed by atoms with van der Waals surface area (Å²) in [7, 11) is 0. The second-order valence-electron chi connectivity index (χ2n) is 3.72. The summed E-state index contributed by atoms with van der Waals surface area (Å²) in [5, 5.41) is 9.91. The van der Waals surface area contributed by atoms with Gasteiger partial charge in [0.15, 0.2) is 0 Å². The van der Waals surface area contributed by atoms with Crippen LogP contribution in [0.15, 0.2) is 42.7 Å². The molecule has 2 aromatic heterocycles. The number of benzene rings is 1. The molecule has 1 aromatic carbocycles. The number of pyridine rings is 1. The summed E-state index contributed by atoms with van der Waals surface area (Å²) in [6, 6.07) is 8.86. The maximum atomic E-state index is 11.1. The Morgan fingerprint density at radius 3 is 2.83 bits per heavy atom. The monoisotopic (exact) mass is 256 g/mol. The molecule has 1 N–H and O–H groups in total. The van der Waals surface area contributed by atoms with E-state index in [1.807, 2.05) is 18.2 Å². The molecular formula is C13H8N2O2S. The van der Waals surface area contributed by atoms with Gasteiger partial charge < -0.3 is 5.11 Å². The van der Waals surface area contributed by atoms with Crippen LogP contribution in [0.3, 0.4) is 0 Å². The molecule has 0 spiro atoms. The zero-order valence-corrected chi connectivity index (χ0v) is 10.0. The summed E-state index contributed by atoms with van der Waals surface area (Å²) in [4.78, 5) is 19.6. The molecule has 3 rings (SSSR count).